The molecule has 2 aromatic rings. The van der Waals surface area contributed by atoms with Crippen molar-refractivity contribution in [1.82, 2.24) is 5.43 Å². The first-order chi connectivity index (χ1) is 13.7. The minimum atomic E-state index is -4.67. The second kappa shape index (κ2) is 12.9. The van der Waals surface area contributed by atoms with Crippen LogP contribution in [-0.4, -0.2) is 37.1 Å². The van der Waals surface area contributed by atoms with Crippen LogP contribution in [-0.2, 0) is 28.0 Å². The van der Waals surface area contributed by atoms with Crippen molar-refractivity contribution >= 4 is 22.0 Å². The average Bonchev–Trinajstić information content (AvgIpc) is 2.67. The molecule has 0 spiro atoms. The van der Waals surface area contributed by atoms with Gasteiger partial charge in [-0.3, -0.25) is 25.2 Å². The van der Waals surface area contributed by atoms with Crippen LogP contribution in [0.3, 0.4) is 0 Å². The van der Waals surface area contributed by atoms with Gasteiger partial charge >= 0.3 is 10.4 Å². The Bertz CT molecular complexity index is 831. The van der Waals surface area contributed by atoms with E-state index < -0.39 is 10.4 Å². The van der Waals surface area contributed by atoms with E-state index in [0.29, 0.717) is 6.42 Å². The van der Waals surface area contributed by atoms with E-state index in [4.69, 9.17) is 28.1 Å². The van der Waals surface area contributed by atoms with Crippen molar-refractivity contribution in [2.75, 3.05) is 19.0 Å². The van der Waals surface area contributed by atoms with Crippen molar-refractivity contribution in [3.8, 4) is 5.75 Å². The third-order valence-electron chi connectivity index (χ3n) is 3.82. The number of carbonyl (C=O) groups excluding carboxylic acids is 1. The van der Waals surface area contributed by atoms with E-state index in [2.05, 4.69) is 10.7 Å². The van der Waals surface area contributed by atoms with Crippen LogP contribution >= 0.6 is 0 Å². The molecule has 0 saturated carbocycles. The number of ether oxygens (including phenoxy) is 1. The molecule has 2 rings (SSSR count). The summed E-state index contributed by atoms with van der Waals surface area (Å²) in [5, 5.41) is 2.93. The zero-order valence-electron chi connectivity index (χ0n) is 16.2. The molecule has 10 heteroatoms. The molecule has 0 heterocycles. The van der Waals surface area contributed by atoms with Gasteiger partial charge in [-0.25, -0.2) is 0 Å². The summed E-state index contributed by atoms with van der Waals surface area (Å²) < 4.78 is 36.7. The Labute approximate surface area is 170 Å². The van der Waals surface area contributed by atoms with Crippen LogP contribution in [0, 0.1) is 0 Å². The van der Waals surface area contributed by atoms with Gasteiger partial charge in [0.15, 0.2) is 0 Å². The predicted octanol–water partition coefficient (Wildman–Crippen LogP) is 2.01. The van der Waals surface area contributed by atoms with Gasteiger partial charge in [-0.05, 0) is 54.7 Å². The summed E-state index contributed by atoms with van der Waals surface area (Å²) in [7, 11) is -3.01. The van der Waals surface area contributed by atoms with Crippen molar-refractivity contribution in [1.29, 1.82) is 0 Å². The van der Waals surface area contributed by atoms with Gasteiger partial charge in [0.1, 0.15) is 5.75 Å². The third-order valence-corrected chi connectivity index (χ3v) is 3.82. The van der Waals surface area contributed by atoms with Crippen LogP contribution in [0.5, 0.6) is 5.75 Å². The molecule has 0 atom stereocenters. The van der Waals surface area contributed by atoms with Crippen LogP contribution in [0.2, 0.25) is 0 Å². The Kier molecular flexibility index (Phi) is 10.9. The second-order valence-electron chi connectivity index (χ2n) is 6.10. The molecule has 0 radical (unpaired) electrons. The van der Waals surface area contributed by atoms with Gasteiger partial charge in [0.25, 0.3) is 0 Å². The Morgan fingerprint density at radius 1 is 1.00 bits per heavy atom. The van der Waals surface area contributed by atoms with Crippen LogP contribution in [0.25, 0.3) is 0 Å². The second-order valence-corrected chi connectivity index (χ2v) is 6.99. The number of amides is 1. The summed E-state index contributed by atoms with van der Waals surface area (Å²) in [6, 6.07) is 15.8. The van der Waals surface area contributed by atoms with Crippen molar-refractivity contribution in [2.45, 2.75) is 25.7 Å². The van der Waals surface area contributed by atoms with Gasteiger partial charge in [-0.2, -0.15) is 8.42 Å². The van der Waals surface area contributed by atoms with Crippen LogP contribution in [0.15, 0.2) is 48.5 Å². The van der Waals surface area contributed by atoms with Gasteiger partial charge in [0, 0.05) is 18.7 Å². The average molecular weight is 426 g/mol. The fourth-order valence-corrected chi connectivity index (χ4v) is 2.44. The molecule has 0 aliphatic rings. The highest BCUT2D eigenvalue weighted by atomic mass is 32.3. The number of hydrogen-bond acceptors (Lipinski definition) is 6. The first-order valence-corrected chi connectivity index (χ1v) is 10.3. The molecule has 9 nitrogen and oxygen atoms in total. The first-order valence-electron chi connectivity index (χ1n) is 8.86. The first kappa shape index (κ1) is 24.5. The molecular weight excluding hydrogens is 398 g/mol. The standard InChI is InChI=1S/C19H25N3O2.H2O4S/c1-24-18-11-7-15(8-12-18)3-2-4-19(23)22-17-9-5-16(6-10-17)13-14-21-20;1-5(2,3)4/h5-12,21H,2-4,13-14,20H2,1H3,(H,22,23);(H2,1,2,3,4). The van der Waals surface area contributed by atoms with Gasteiger partial charge in [0.2, 0.25) is 5.91 Å². The monoisotopic (exact) mass is 425 g/mol. The molecule has 0 fully saturated rings. The lowest BCUT2D eigenvalue weighted by atomic mass is 10.1. The highest BCUT2D eigenvalue weighted by molar-refractivity contribution is 7.79. The van der Waals surface area contributed by atoms with Gasteiger partial charge in [-0.1, -0.05) is 24.3 Å². The smallest absolute Gasteiger partial charge is 0.394 e. The maximum atomic E-state index is 12.0. The quantitative estimate of drug-likeness (QED) is 0.232. The number of nitrogens with one attached hydrogen (secondary N) is 2. The van der Waals surface area contributed by atoms with E-state index in [9.17, 15) is 4.79 Å². The largest absolute Gasteiger partial charge is 0.497 e. The Morgan fingerprint density at radius 2 is 1.52 bits per heavy atom. The van der Waals surface area contributed by atoms with Crippen LogP contribution in [0.1, 0.15) is 24.0 Å². The highest BCUT2D eigenvalue weighted by Crippen LogP contribution is 2.14. The van der Waals surface area contributed by atoms with Gasteiger partial charge < -0.3 is 10.1 Å². The zero-order chi connectivity index (χ0) is 21.7. The molecule has 29 heavy (non-hydrogen) atoms. The topological polar surface area (TPSA) is 151 Å². The Morgan fingerprint density at radius 3 is 2.03 bits per heavy atom. The molecule has 0 aliphatic carbocycles. The van der Waals surface area contributed by atoms with Crippen LogP contribution in [0.4, 0.5) is 5.69 Å². The molecular formula is C19H27N3O6S. The molecule has 0 aliphatic heterocycles. The van der Waals surface area contributed by atoms with Gasteiger partial charge in [-0.15, -0.1) is 0 Å². The molecule has 2 aromatic carbocycles. The summed E-state index contributed by atoms with van der Waals surface area (Å²) in [6.45, 7) is 0.733. The number of hydrazine groups is 1. The molecule has 160 valence electrons. The summed E-state index contributed by atoms with van der Waals surface area (Å²) >= 11 is 0. The lowest BCUT2D eigenvalue weighted by Crippen LogP contribution is -2.24. The number of methoxy groups -OCH3 is 1. The van der Waals surface area contributed by atoms with E-state index in [-0.39, 0.29) is 5.91 Å². The van der Waals surface area contributed by atoms with E-state index in [1.165, 1.54) is 11.1 Å². The lowest BCUT2D eigenvalue weighted by molar-refractivity contribution is -0.116. The number of anilines is 1. The number of hydrogen-bond donors (Lipinski definition) is 5. The highest BCUT2D eigenvalue weighted by Gasteiger charge is 2.03. The number of benzene rings is 2. The normalized spacial score (nSPS) is 10.6. The summed E-state index contributed by atoms with van der Waals surface area (Å²) in [5.41, 5.74) is 5.85. The van der Waals surface area contributed by atoms with Crippen molar-refractivity contribution in [3.63, 3.8) is 0 Å². The number of aryl methyl sites for hydroxylation is 1. The summed E-state index contributed by atoms with van der Waals surface area (Å²) in [6.07, 6.45) is 3.07. The fraction of sp³-hybridized carbons (Fsp3) is 0.316. The maximum absolute atomic E-state index is 12.0. The molecule has 0 aromatic heterocycles. The Balaban J connectivity index is 0.000000749. The molecule has 0 unspecified atom stereocenters. The summed E-state index contributed by atoms with van der Waals surface area (Å²) in [4.78, 5) is 12.0. The number of carbonyl (C=O) groups is 1. The summed E-state index contributed by atoms with van der Waals surface area (Å²) in [5.74, 6) is 6.15. The Hall–Kier alpha value is -2.50. The molecule has 6 N–H and O–H groups in total. The van der Waals surface area contributed by atoms with Gasteiger partial charge in [0.05, 0.1) is 7.11 Å². The van der Waals surface area contributed by atoms with E-state index in [1.807, 2.05) is 48.5 Å². The van der Waals surface area contributed by atoms with E-state index in [1.54, 1.807) is 7.11 Å². The SMILES string of the molecule is COc1ccc(CCCC(=O)Nc2ccc(CCNN)cc2)cc1.O=S(=O)(O)O. The van der Waals surface area contributed by atoms with E-state index >= 15 is 0 Å². The van der Waals surface area contributed by atoms with Crippen molar-refractivity contribution in [2.24, 2.45) is 5.84 Å². The minimum Gasteiger partial charge on any atom is -0.497 e. The van der Waals surface area contributed by atoms with Crippen molar-refractivity contribution < 1.29 is 27.1 Å². The minimum absolute atomic E-state index is 0.0416. The predicted molar refractivity (Wildman–Crippen MR) is 111 cm³/mol. The third kappa shape index (κ3) is 12.5. The number of nitrogens with two attached hydrogens (primary N) is 1. The fourth-order valence-electron chi connectivity index (χ4n) is 2.44. The molecule has 0 bridgehead atoms. The van der Waals surface area contributed by atoms with E-state index in [0.717, 1.165) is 37.2 Å². The number of rotatable bonds is 9. The zero-order valence-corrected chi connectivity index (χ0v) is 17.0. The van der Waals surface area contributed by atoms with Crippen molar-refractivity contribution in [3.05, 3.63) is 59.7 Å². The van der Waals surface area contributed by atoms with Crippen LogP contribution < -0.4 is 21.3 Å². The molecule has 1 amide bonds. The lowest BCUT2D eigenvalue weighted by Gasteiger charge is -2.07. The molecule has 0 saturated heterocycles. The maximum Gasteiger partial charge on any atom is 0.394 e.